The summed E-state index contributed by atoms with van der Waals surface area (Å²) in [7, 11) is 0. The van der Waals surface area contributed by atoms with Crippen LogP contribution in [0.2, 0.25) is 0 Å². The zero-order valence-electron chi connectivity index (χ0n) is 18.2. The Morgan fingerprint density at radius 1 is 0.800 bits per heavy atom. The summed E-state index contributed by atoms with van der Waals surface area (Å²) >= 11 is 0. The van der Waals surface area contributed by atoms with Gasteiger partial charge in [0, 0.05) is 11.6 Å². The summed E-state index contributed by atoms with van der Waals surface area (Å²) in [4.78, 5) is 29.1. The molecule has 0 fully saturated rings. The lowest BCUT2D eigenvalue weighted by atomic mass is 9.84. The zero-order chi connectivity index (χ0) is 21.9. The molecule has 0 bridgehead atoms. The number of hydrogen-bond donors (Lipinski definition) is 0. The van der Waals surface area contributed by atoms with Gasteiger partial charge in [0.15, 0.2) is 0 Å². The predicted molar refractivity (Wildman–Crippen MR) is 118 cm³/mol. The average molecular weight is 410 g/mol. The average Bonchev–Trinajstić information content (AvgIpc) is 2.79. The van der Waals surface area contributed by atoms with Gasteiger partial charge in [-0.15, -0.1) is 0 Å². The number of nitrogens with zero attached hydrogens (tertiary/aromatic N) is 1. The van der Waals surface area contributed by atoms with Crippen LogP contribution in [0.15, 0.2) is 65.7 Å². The largest absolute Gasteiger partial charge is 0.461 e. The first-order chi connectivity index (χ1) is 14.4. The molecule has 0 saturated heterocycles. The number of carbonyl (C=O) groups is 2. The Balaban J connectivity index is 2.01. The van der Waals surface area contributed by atoms with Crippen LogP contribution in [0.1, 0.15) is 45.2 Å². The van der Waals surface area contributed by atoms with Gasteiger partial charge in [0.2, 0.25) is 0 Å². The maximum absolute atomic E-state index is 12.6. The van der Waals surface area contributed by atoms with Gasteiger partial charge in [-0.3, -0.25) is 4.79 Å². The fourth-order valence-electron chi connectivity index (χ4n) is 3.05. The van der Waals surface area contributed by atoms with Gasteiger partial charge in [0.1, 0.15) is 13.2 Å². The van der Waals surface area contributed by atoms with E-state index in [1.807, 2.05) is 88.4 Å². The first-order valence-electron chi connectivity index (χ1n) is 10.4. The van der Waals surface area contributed by atoms with Gasteiger partial charge in [-0.25, -0.2) is 4.79 Å². The quantitative estimate of drug-likeness (QED) is 0.386. The molecule has 160 valence electrons. The molecule has 1 amide bonds. The molecular weight excluding hydrogens is 378 g/mol. The third kappa shape index (κ3) is 7.14. The van der Waals surface area contributed by atoms with Gasteiger partial charge in [-0.1, -0.05) is 88.4 Å². The Kier molecular flexibility index (Phi) is 9.26. The highest BCUT2D eigenvalue weighted by atomic mass is 16.5. The second-order valence-corrected chi connectivity index (χ2v) is 7.56. The Hall–Kier alpha value is -2.95. The van der Waals surface area contributed by atoms with Gasteiger partial charge in [-0.2, -0.15) is 4.99 Å². The van der Waals surface area contributed by atoms with Crippen molar-refractivity contribution in [1.82, 2.24) is 0 Å². The molecule has 0 N–H and O–H groups in total. The van der Waals surface area contributed by atoms with E-state index in [0.29, 0.717) is 5.71 Å². The number of carbonyl (C=O) groups excluding carboxylic acids is 2. The van der Waals surface area contributed by atoms with Crippen LogP contribution in [0.5, 0.6) is 0 Å². The van der Waals surface area contributed by atoms with Gasteiger partial charge in [0.25, 0.3) is 0 Å². The van der Waals surface area contributed by atoms with E-state index in [4.69, 9.17) is 9.47 Å². The number of esters is 1. The molecule has 3 unspecified atom stereocenters. The van der Waals surface area contributed by atoms with Crippen molar-refractivity contribution < 1.29 is 19.1 Å². The van der Waals surface area contributed by atoms with Crippen molar-refractivity contribution in [3.63, 3.8) is 0 Å². The molecule has 0 aliphatic rings. The maximum Gasteiger partial charge on any atom is 0.433 e. The van der Waals surface area contributed by atoms with Crippen LogP contribution in [0.25, 0.3) is 0 Å². The van der Waals surface area contributed by atoms with Gasteiger partial charge < -0.3 is 9.47 Å². The minimum absolute atomic E-state index is 0.0497. The van der Waals surface area contributed by atoms with Crippen molar-refractivity contribution in [2.24, 2.45) is 22.7 Å². The lowest BCUT2D eigenvalue weighted by molar-refractivity contribution is -0.150. The Labute approximate surface area is 179 Å². The fourth-order valence-corrected chi connectivity index (χ4v) is 3.05. The van der Waals surface area contributed by atoms with Gasteiger partial charge in [0.05, 0.1) is 5.92 Å². The maximum atomic E-state index is 12.6. The second kappa shape index (κ2) is 11.9. The lowest BCUT2D eigenvalue weighted by Crippen LogP contribution is -2.31. The predicted octanol–water partition coefficient (Wildman–Crippen LogP) is 5.83. The summed E-state index contributed by atoms with van der Waals surface area (Å²) in [6.45, 7) is 8.14. The van der Waals surface area contributed by atoms with Crippen molar-refractivity contribution in [2.45, 2.75) is 47.3 Å². The van der Waals surface area contributed by atoms with Crippen molar-refractivity contribution >= 4 is 17.8 Å². The Morgan fingerprint density at radius 2 is 1.30 bits per heavy atom. The summed E-state index contributed by atoms with van der Waals surface area (Å²) in [5.74, 6) is -0.926. The number of benzene rings is 2. The third-order valence-electron chi connectivity index (χ3n) is 5.36. The van der Waals surface area contributed by atoms with E-state index in [0.717, 1.165) is 17.5 Å². The van der Waals surface area contributed by atoms with Crippen LogP contribution in [0.3, 0.4) is 0 Å². The molecule has 30 heavy (non-hydrogen) atoms. The normalized spacial score (nSPS) is 14.5. The topological polar surface area (TPSA) is 65.0 Å². The first kappa shape index (κ1) is 23.3. The third-order valence-corrected chi connectivity index (χ3v) is 5.36. The molecular formula is C25H31NO4. The van der Waals surface area contributed by atoms with Crippen molar-refractivity contribution in [1.29, 1.82) is 0 Å². The molecule has 0 saturated carbocycles. The van der Waals surface area contributed by atoms with Crippen LogP contribution >= 0.6 is 0 Å². The summed E-state index contributed by atoms with van der Waals surface area (Å²) in [5.41, 5.74) is 2.50. The van der Waals surface area contributed by atoms with Gasteiger partial charge >= 0.3 is 12.1 Å². The monoisotopic (exact) mass is 409 g/mol. The van der Waals surface area contributed by atoms with E-state index in [9.17, 15) is 9.59 Å². The molecule has 5 nitrogen and oxygen atoms in total. The number of rotatable bonds is 9. The van der Waals surface area contributed by atoms with Crippen molar-refractivity contribution in [3.8, 4) is 0 Å². The molecule has 2 aromatic carbocycles. The summed E-state index contributed by atoms with van der Waals surface area (Å²) < 4.78 is 10.8. The number of hydrogen-bond acceptors (Lipinski definition) is 4. The zero-order valence-corrected chi connectivity index (χ0v) is 18.2. The van der Waals surface area contributed by atoms with Gasteiger partial charge in [-0.05, 0) is 23.5 Å². The standard InChI is InChI=1S/C25H31NO4/c1-5-18(2)23(26-25(28)30-17-22-14-10-7-11-15-22)19(3)20(4)24(27)29-16-21-12-8-6-9-13-21/h6-15,18-20H,5,16-17H2,1-4H3. The highest BCUT2D eigenvalue weighted by molar-refractivity contribution is 5.98. The smallest absolute Gasteiger partial charge is 0.433 e. The Bertz CT molecular complexity index is 833. The van der Waals surface area contributed by atoms with Crippen LogP contribution in [0.4, 0.5) is 4.79 Å². The van der Waals surface area contributed by atoms with Crippen molar-refractivity contribution in [3.05, 3.63) is 71.8 Å². The van der Waals surface area contributed by atoms with Crippen LogP contribution in [0, 0.1) is 17.8 Å². The SMILES string of the molecule is CCC(C)C(=NC(=O)OCc1ccccc1)C(C)C(C)C(=O)OCc1ccccc1. The fraction of sp³-hybridized carbons (Fsp3) is 0.400. The molecule has 0 aromatic heterocycles. The van der Waals surface area contributed by atoms with Crippen molar-refractivity contribution in [2.75, 3.05) is 0 Å². The molecule has 0 aliphatic carbocycles. The van der Waals surface area contributed by atoms with E-state index in [1.165, 1.54) is 0 Å². The number of ether oxygens (including phenoxy) is 2. The summed E-state index contributed by atoms with van der Waals surface area (Å²) in [6.07, 6.45) is 0.173. The molecule has 3 atom stereocenters. The summed E-state index contributed by atoms with van der Waals surface area (Å²) in [6, 6.07) is 19.0. The lowest BCUT2D eigenvalue weighted by Gasteiger charge is -2.24. The second-order valence-electron chi connectivity index (χ2n) is 7.56. The van der Waals surface area contributed by atoms with E-state index in [1.54, 1.807) is 0 Å². The van der Waals surface area contributed by atoms with E-state index in [-0.39, 0.29) is 31.0 Å². The first-order valence-corrected chi connectivity index (χ1v) is 10.4. The molecule has 2 rings (SSSR count). The molecule has 5 heteroatoms. The van der Waals surface area contributed by atoms with Crippen LogP contribution in [-0.2, 0) is 27.5 Å². The van der Waals surface area contributed by atoms with Crippen LogP contribution in [-0.4, -0.2) is 17.8 Å². The van der Waals surface area contributed by atoms with E-state index in [2.05, 4.69) is 4.99 Å². The molecule has 0 spiro atoms. The van der Waals surface area contributed by atoms with E-state index >= 15 is 0 Å². The van der Waals surface area contributed by atoms with Crippen LogP contribution < -0.4 is 0 Å². The molecule has 0 heterocycles. The highest BCUT2D eigenvalue weighted by Crippen LogP contribution is 2.22. The van der Waals surface area contributed by atoms with E-state index < -0.39 is 12.0 Å². The molecule has 2 aromatic rings. The molecule has 0 radical (unpaired) electrons. The minimum atomic E-state index is -0.633. The summed E-state index contributed by atoms with van der Waals surface area (Å²) in [5, 5.41) is 0. The Morgan fingerprint density at radius 3 is 1.80 bits per heavy atom. The molecule has 0 aliphatic heterocycles. The number of amides is 1. The minimum Gasteiger partial charge on any atom is -0.461 e. The number of aliphatic imine (C=N–C) groups is 1. The highest BCUT2D eigenvalue weighted by Gasteiger charge is 2.29.